The van der Waals surface area contributed by atoms with Crippen molar-refractivity contribution in [2.75, 3.05) is 4.90 Å². The Balaban J connectivity index is 2.00. The Morgan fingerprint density at radius 2 is 1.95 bits per heavy atom. The van der Waals surface area contributed by atoms with Crippen LogP contribution in [0.1, 0.15) is 31.2 Å². The van der Waals surface area contributed by atoms with Crippen molar-refractivity contribution in [3.8, 4) is 6.07 Å². The fourth-order valence-electron chi connectivity index (χ4n) is 3.37. The lowest BCUT2D eigenvalue weighted by atomic mass is 9.99. The molecule has 3 nitrogen and oxygen atoms in total. The highest BCUT2D eigenvalue weighted by Crippen LogP contribution is 2.42. The zero-order valence-electron chi connectivity index (χ0n) is 10.3. The number of anilines is 1. The van der Waals surface area contributed by atoms with Gasteiger partial charge in [0.1, 0.15) is 6.07 Å². The third-order valence-electron chi connectivity index (χ3n) is 4.17. The number of piperidine rings is 1. The number of halogens is 2. The summed E-state index contributed by atoms with van der Waals surface area (Å²) in [5.74, 6) is 0. The van der Waals surface area contributed by atoms with E-state index in [2.05, 4.69) is 33.6 Å². The molecule has 0 saturated carbocycles. The van der Waals surface area contributed by atoms with Gasteiger partial charge in [-0.15, -0.1) is 0 Å². The Morgan fingerprint density at radius 1 is 1.32 bits per heavy atom. The smallest absolute Gasteiger partial charge is 0.101 e. The fraction of sp³-hybridized carbons (Fsp3) is 0.500. The second-order valence-electron chi connectivity index (χ2n) is 5.29. The van der Waals surface area contributed by atoms with Gasteiger partial charge in [-0.25, -0.2) is 0 Å². The van der Waals surface area contributed by atoms with Gasteiger partial charge in [0.2, 0.25) is 0 Å². The second kappa shape index (κ2) is 5.12. The van der Waals surface area contributed by atoms with Crippen LogP contribution in [0.15, 0.2) is 12.1 Å². The van der Waals surface area contributed by atoms with Crippen LogP contribution in [0.2, 0.25) is 5.02 Å². The van der Waals surface area contributed by atoms with Crippen LogP contribution in [0, 0.1) is 14.9 Å². The van der Waals surface area contributed by atoms with Crippen molar-refractivity contribution in [2.24, 2.45) is 0 Å². The van der Waals surface area contributed by atoms with Crippen LogP contribution in [-0.2, 0) is 0 Å². The van der Waals surface area contributed by atoms with E-state index in [9.17, 15) is 5.11 Å². The maximum atomic E-state index is 9.86. The number of nitrogens with zero attached hydrogens (tertiary/aromatic N) is 2. The number of aliphatic hydroxyl groups excluding tert-OH is 1. The van der Waals surface area contributed by atoms with Crippen molar-refractivity contribution in [2.45, 2.75) is 43.9 Å². The van der Waals surface area contributed by atoms with E-state index in [1.165, 1.54) is 0 Å². The van der Waals surface area contributed by atoms with E-state index in [1.54, 1.807) is 6.07 Å². The molecular weight excluding hydrogens is 375 g/mol. The lowest BCUT2D eigenvalue weighted by Gasteiger charge is -2.39. The molecule has 3 atom stereocenters. The number of aliphatic hydroxyl groups is 1. The Bertz CT molecular complexity index is 543. The first kappa shape index (κ1) is 13.5. The molecule has 0 amide bonds. The molecule has 2 aliphatic rings. The van der Waals surface area contributed by atoms with E-state index in [0.29, 0.717) is 22.7 Å². The molecule has 2 heterocycles. The van der Waals surface area contributed by atoms with Crippen LogP contribution in [0.5, 0.6) is 0 Å². The molecule has 0 radical (unpaired) electrons. The molecule has 0 spiro atoms. The molecule has 3 rings (SSSR count). The molecule has 2 bridgehead atoms. The Hall–Kier alpha value is -0.510. The summed E-state index contributed by atoms with van der Waals surface area (Å²) in [6.45, 7) is 0. The van der Waals surface area contributed by atoms with Gasteiger partial charge < -0.3 is 10.0 Å². The van der Waals surface area contributed by atoms with E-state index in [0.717, 1.165) is 34.9 Å². The maximum absolute atomic E-state index is 9.86. The van der Waals surface area contributed by atoms with Gasteiger partial charge in [-0.3, -0.25) is 0 Å². The summed E-state index contributed by atoms with van der Waals surface area (Å²) < 4.78 is 0.951. The van der Waals surface area contributed by atoms with Crippen molar-refractivity contribution in [1.29, 1.82) is 5.26 Å². The van der Waals surface area contributed by atoms with Gasteiger partial charge in [-0.2, -0.15) is 5.26 Å². The van der Waals surface area contributed by atoms with Crippen molar-refractivity contribution < 1.29 is 5.11 Å². The van der Waals surface area contributed by atoms with Gasteiger partial charge in [-0.05, 0) is 60.4 Å². The van der Waals surface area contributed by atoms with E-state index >= 15 is 0 Å². The van der Waals surface area contributed by atoms with Crippen LogP contribution in [-0.4, -0.2) is 23.3 Å². The lowest BCUT2D eigenvalue weighted by Crippen LogP contribution is -2.45. The highest BCUT2D eigenvalue weighted by molar-refractivity contribution is 14.1. The summed E-state index contributed by atoms with van der Waals surface area (Å²) in [4.78, 5) is 2.40. The molecule has 5 heteroatoms. The Morgan fingerprint density at radius 3 is 2.53 bits per heavy atom. The van der Waals surface area contributed by atoms with Crippen molar-refractivity contribution in [1.82, 2.24) is 0 Å². The van der Waals surface area contributed by atoms with E-state index < -0.39 is 0 Å². The third-order valence-corrected chi connectivity index (χ3v) is 5.97. The highest BCUT2D eigenvalue weighted by Gasteiger charge is 2.41. The van der Waals surface area contributed by atoms with Gasteiger partial charge in [0.05, 0.1) is 25.9 Å². The summed E-state index contributed by atoms with van der Waals surface area (Å²) in [7, 11) is 0. The first-order valence-electron chi connectivity index (χ1n) is 6.46. The summed E-state index contributed by atoms with van der Waals surface area (Å²) in [6.07, 6.45) is 3.78. The van der Waals surface area contributed by atoms with E-state index in [-0.39, 0.29) is 6.10 Å². The molecule has 1 aromatic carbocycles. The van der Waals surface area contributed by atoms with E-state index in [1.807, 2.05) is 6.07 Å². The molecule has 19 heavy (non-hydrogen) atoms. The van der Waals surface area contributed by atoms with Gasteiger partial charge in [-0.1, -0.05) is 11.6 Å². The van der Waals surface area contributed by atoms with Crippen LogP contribution >= 0.6 is 34.2 Å². The first-order chi connectivity index (χ1) is 9.11. The van der Waals surface area contributed by atoms with Gasteiger partial charge in [0.15, 0.2) is 0 Å². The fourth-order valence-corrected chi connectivity index (χ4v) is 4.32. The monoisotopic (exact) mass is 388 g/mol. The van der Waals surface area contributed by atoms with Crippen molar-refractivity contribution in [3.63, 3.8) is 0 Å². The average molecular weight is 389 g/mol. The van der Waals surface area contributed by atoms with Crippen LogP contribution in [0.25, 0.3) is 0 Å². The molecule has 100 valence electrons. The number of hydrogen-bond acceptors (Lipinski definition) is 3. The topological polar surface area (TPSA) is 47.3 Å². The molecule has 2 saturated heterocycles. The van der Waals surface area contributed by atoms with Crippen LogP contribution in [0.4, 0.5) is 5.69 Å². The van der Waals surface area contributed by atoms with Crippen molar-refractivity contribution in [3.05, 3.63) is 26.3 Å². The van der Waals surface area contributed by atoms with Crippen molar-refractivity contribution >= 4 is 39.9 Å². The van der Waals surface area contributed by atoms with Gasteiger partial charge >= 0.3 is 0 Å². The summed E-state index contributed by atoms with van der Waals surface area (Å²) in [5.41, 5.74) is 1.64. The average Bonchev–Trinajstić information content (AvgIpc) is 2.65. The Kier molecular flexibility index (Phi) is 3.63. The first-order valence-corrected chi connectivity index (χ1v) is 7.92. The van der Waals surface area contributed by atoms with Gasteiger partial charge in [0, 0.05) is 12.1 Å². The second-order valence-corrected chi connectivity index (χ2v) is 6.75. The maximum Gasteiger partial charge on any atom is 0.101 e. The quantitative estimate of drug-likeness (QED) is 0.751. The molecule has 0 aromatic heterocycles. The summed E-state index contributed by atoms with van der Waals surface area (Å²) in [6, 6.07) is 6.72. The number of benzene rings is 1. The highest BCUT2D eigenvalue weighted by atomic mass is 127. The summed E-state index contributed by atoms with van der Waals surface area (Å²) >= 11 is 8.48. The number of rotatable bonds is 1. The predicted octanol–water partition coefficient (Wildman–Crippen LogP) is 3.31. The minimum absolute atomic E-state index is 0.166. The number of hydrogen-bond donors (Lipinski definition) is 1. The largest absolute Gasteiger partial charge is 0.393 e. The number of nitriles is 1. The number of fused-ring (bicyclic) bond motifs is 2. The Labute approximate surface area is 131 Å². The molecule has 2 fully saturated rings. The SMILES string of the molecule is N#Cc1ccc(N2[C@@H]3CC[C@H]2CC(O)C3)c(I)c1Cl. The van der Waals surface area contributed by atoms with Crippen LogP contribution < -0.4 is 4.90 Å². The molecule has 0 aliphatic carbocycles. The minimum Gasteiger partial charge on any atom is -0.393 e. The zero-order valence-corrected chi connectivity index (χ0v) is 13.2. The molecule has 2 aliphatic heterocycles. The zero-order chi connectivity index (χ0) is 13.6. The molecule has 1 unspecified atom stereocenters. The lowest BCUT2D eigenvalue weighted by molar-refractivity contribution is 0.126. The van der Waals surface area contributed by atoms with Crippen LogP contribution in [0.3, 0.4) is 0 Å². The van der Waals surface area contributed by atoms with Gasteiger partial charge in [0.25, 0.3) is 0 Å². The minimum atomic E-state index is -0.166. The molecular formula is C14H14ClIN2O. The standard InChI is InChI=1S/C14H14ClIN2O/c15-13-8(7-17)1-4-12(14(13)16)18-9-2-3-10(18)6-11(19)5-9/h1,4,9-11,19H,2-3,5-6H2/t9-,10+,11?. The molecule has 1 N–H and O–H groups in total. The normalized spacial score (nSPS) is 29.4. The van der Waals surface area contributed by atoms with E-state index in [4.69, 9.17) is 16.9 Å². The summed E-state index contributed by atoms with van der Waals surface area (Å²) in [5, 5.41) is 19.4. The third kappa shape index (κ3) is 2.22. The molecule has 1 aromatic rings. The predicted molar refractivity (Wildman–Crippen MR) is 83.4 cm³/mol.